The second kappa shape index (κ2) is 3.41. The highest BCUT2D eigenvalue weighted by Gasteiger charge is 2.40. The van der Waals surface area contributed by atoms with Crippen LogP contribution in [0.2, 0.25) is 0 Å². The first kappa shape index (κ1) is 8.10. The molecule has 2 aliphatic carbocycles. The van der Waals surface area contributed by atoms with Crippen LogP contribution in [0.1, 0.15) is 46.5 Å². The highest BCUT2D eigenvalue weighted by atomic mass is 14.5. The molecule has 0 aromatic carbocycles. The summed E-state index contributed by atoms with van der Waals surface area (Å²) < 4.78 is 0. The normalized spacial score (nSPS) is 42.9. The van der Waals surface area contributed by atoms with Gasteiger partial charge in [0, 0.05) is 0 Å². The van der Waals surface area contributed by atoms with Crippen molar-refractivity contribution in [1.29, 1.82) is 0 Å². The van der Waals surface area contributed by atoms with Gasteiger partial charge in [0.2, 0.25) is 0 Å². The van der Waals surface area contributed by atoms with Crippen LogP contribution in [0.3, 0.4) is 0 Å². The molecule has 0 amide bonds. The van der Waals surface area contributed by atoms with Crippen molar-refractivity contribution in [2.45, 2.75) is 46.5 Å². The summed E-state index contributed by atoms with van der Waals surface area (Å²) in [6.45, 7) is 6.40. The average molecular weight is 140 g/mol. The summed E-state index contributed by atoms with van der Waals surface area (Å²) in [6.07, 6.45) is 6.18. The summed E-state index contributed by atoms with van der Waals surface area (Å²) in [5.74, 6) is 3.42. The third kappa shape index (κ3) is 1.74. The van der Waals surface area contributed by atoms with Crippen LogP contribution in [0.15, 0.2) is 0 Å². The Morgan fingerprint density at radius 3 is 2.10 bits per heavy atom. The SMILES string of the molecule is CC.C[C@H]1CCC2CC2C1. The van der Waals surface area contributed by atoms with E-state index in [2.05, 4.69) is 6.92 Å². The standard InChI is InChI=1S/C8H14.C2H6/c1-6-2-3-7-5-8(7)4-6;1-2/h6-8H,2-5H2,1H3;1-2H3/t6-,7?,8?;/m0./s1. The molecule has 10 heavy (non-hydrogen) atoms. The Hall–Kier alpha value is 0. The van der Waals surface area contributed by atoms with Crippen molar-refractivity contribution in [1.82, 2.24) is 0 Å². The Kier molecular flexibility index (Phi) is 2.76. The van der Waals surface area contributed by atoms with Crippen LogP contribution >= 0.6 is 0 Å². The Morgan fingerprint density at radius 2 is 1.60 bits per heavy atom. The number of fused-ring (bicyclic) bond motifs is 1. The number of hydrogen-bond donors (Lipinski definition) is 0. The zero-order valence-electron chi connectivity index (χ0n) is 7.56. The molecule has 0 N–H and O–H groups in total. The predicted octanol–water partition coefficient (Wildman–Crippen LogP) is 3.47. The van der Waals surface area contributed by atoms with Crippen molar-refractivity contribution < 1.29 is 0 Å². The fraction of sp³-hybridized carbons (Fsp3) is 1.00. The molecule has 2 aliphatic rings. The van der Waals surface area contributed by atoms with E-state index in [0.717, 1.165) is 5.92 Å². The molecule has 0 heteroatoms. The van der Waals surface area contributed by atoms with Gasteiger partial charge in [-0.25, -0.2) is 0 Å². The van der Waals surface area contributed by atoms with Gasteiger partial charge in [0.1, 0.15) is 0 Å². The fourth-order valence-corrected chi connectivity index (χ4v) is 2.09. The van der Waals surface area contributed by atoms with Crippen molar-refractivity contribution >= 4 is 0 Å². The van der Waals surface area contributed by atoms with E-state index in [0.29, 0.717) is 0 Å². The van der Waals surface area contributed by atoms with Gasteiger partial charge < -0.3 is 0 Å². The fourth-order valence-electron chi connectivity index (χ4n) is 2.09. The Bertz CT molecular complexity index is 96.2. The maximum atomic E-state index is 2.40. The van der Waals surface area contributed by atoms with Gasteiger partial charge >= 0.3 is 0 Å². The molecule has 0 radical (unpaired) electrons. The van der Waals surface area contributed by atoms with E-state index in [1.165, 1.54) is 18.3 Å². The molecule has 0 aromatic rings. The maximum absolute atomic E-state index is 2.40. The van der Waals surface area contributed by atoms with Gasteiger partial charge in [-0.1, -0.05) is 27.2 Å². The molecule has 0 aromatic heterocycles. The smallest absolute Gasteiger partial charge is 0.0380 e. The van der Waals surface area contributed by atoms with Crippen LogP contribution in [0, 0.1) is 17.8 Å². The lowest BCUT2D eigenvalue weighted by Gasteiger charge is -2.15. The van der Waals surface area contributed by atoms with Crippen LogP contribution in [-0.2, 0) is 0 Å². The van der Waals surface area contributed by atoms with Gasteiger partial charge in [0.25, 0.3) is 0 Å². The van der Waals surface area contributed by atoms with Gasteiger partial charge in [0.05, 0.1) is 0 Å². The molecule has 0 bridgehead atoms. The molecule has 2 saturated carbocycles. The average Bonchev–Trinajstić information content (AvgIpc) is 2.70. The van der Waals surface area contributed by atoms with Crippen molar-refractivity contribution in [3.63, 3.8) is 0 Å². The topological polar surface area (TPSA) is 0 Å². The summed E-state index contributed by atoms with van der Waals surface area (Å²) >= 11 is 0. The van der Waals surface area contributed by atoms with E-state index < -0.39 is 0 Å². The summed E-state index contributed by atoms with van der Waals surface area (Å²) in [5.41, 5.74) is 0. The quantitative estimate of drug-likeness (QED) is 0.483. The van der Waals surface area contributed by atoms with Gasteiger partial charge in [0.15, 0.2) is 0 Å². The molecule has 0 heterocycles. The third-order valence-corrected chi connectivity index (χ3v) is 2.80. The first-order valence-corrected chi connectivity index (χ1v) is 4.86. The number of hydrogen-bond acceptors (Lipinski definition) is 0. The molecule has 2 unspecified atom stereocenters. The second-order valence-corrected chi connectivity index (χ2v) is 3.67. The largest absolute Gasteiger partial charge is 0.0683 e. The van der Waals surface area contributed by atoms with Crippen molar-refractivity contribution in [2.24, 2.45) is 17.8 Å². The van der Waals surface area contributed by atoms with Crippen molar-refractivity contribution in [3.8, 4) is 0 Å². The van der Waals surface area contributed by atoms with Gasteiger partial charge in [-0.15, -0.1) is 0 Å². The van der Waals surface area contributed by atoms with Crippen LogP contribution < -0.4 is 0 Å². The highest BCUT2D eigenvalue weighted by Crippen LogP contribution is 2.51. The second-order valence-electron chi connectivity index (χ2n) is 3.67. The summed E-state index contributed by atoms with van der Waals surface area (Å²) in [6, 6.07) is 0. The molecule has 60 valence electrons. The molecule has 0 aliphatic heterocycles. The third-order valence-electron chi connectivity index (χ3n) is 2.80. The lowest BCUT2D eigenvalue weighted by molar-refractivity contribution is 0.368. The molecule has 0 saturated heterocycles. The zero-order valence-corrected chi connectivity index (χ0v) is 7.56. The van der Waals surface area contributed by atoms with E-state index in [1.807, 2.05) is 13.8 Å². The molecular weight excluding hydrogens is 120 g/mol. The van der Waals surface area contributed by atoms with Gasteiger partial charge in [-0.3, -0.25) is 0 Å². The van der Waals surface area contributed by atoms with Crippen LogP contribution in [0.5, 0.6) is 0 Å². The van der Waals surface area contributed by atoms with Crippen molar-refractivity contribution in [2.75, 3.05) is 0 Å². The van der Waals surface area contributed by atoms with E-state index in [-0.39, 0.29) is 0 Å². The first-order valence-electron chi connectivity index (χ1n) is 4.86. The Morgan fingerprint density at radius 1 is 0.900 bits per heavy atom. The van der Waals surface area contributed by atoms with Crippen molar-refractivity contribution in [3.05, 3.63) is 0 Å². The minimum absolute atomic E-state index is 1.05. The Labute approximate surface area is 65.0 Å². The van der Waals surface area contributed by atoms with E-state index in [9.17, 15) is 0 Å². The van der Waals surface area contributed by atoms with Crippen LogP contribution in [-0.4, -0.2) is 0 Å². The number of rotatable bonds is 0. The molecule has 3 atom stereocenters. The minimum atomic E-state index is 1.05. The monoisotopic (exact) mass is 140 g/mol. The predicted molar refractivity (Wildman–Crippen MR) is 46.0 cm³/mol. The molecule has 2 rings (SSSR count). The summed E-state index contributed by atoms with van der Waals surface area (Å²) in [5, 5.41) is 0. The molecule has 0 nitrogen and oxygen atoms in total. The molecular formula is C10H20. The summed E-state index contributed by atoms with van der Waals surface area (Å²) in [7, 11) is 0. The highest BCUT2D eigenvalue weighted by molar-refractivity contribution is 4.91. The molecule has 2 fully saturated rings. The van der Waals surface area contributed by atoms with E-state index in [4.69, 9.17) is 0 Å². The lowest BCUT2D eigenvalue weighted by Crippen LogP contribution is -2.03. The van der Waals surface area contributed by atoms with Gasteiger partial charge in [-0.05, 0) is 37.0 Å². The maximum Gasteiger partial charge on any atom is -0.0380 e. The molecule has 0 spiro atoms. The summed E-state index contributed by atoms with van der Waals surface area (Å²) in [4.78, 5) is 0. The minimum Gasteiger partial charge on any atom is -0.0683 e. The zero-order chi connectivity index (χ0) is 7.56. The lowest BCUT2D eigenvalue weighted by atomic mass is 9.91. The van der Waals surface area contributed by atoms with Crippen LogP contribution in [0.4, 0.5) is 0 Å². The van der Waals surface area contributed by atoms with E-state index >= 15 is 0 Å². The Balaban J connectivity index is 0.000000231. The first-order chi connectivity index (χ1) is 4.86. The van der Waals surface area contributed by atoms with Gasteiger partial charge in [-0.2, -0.15) is 0 Å². The van der Waals surface area contributed by atoms with Crippen LogP contribution in [0.25, 0.3) is 0 Å². The van der Waals surface area contributed by atoms with E-state index in [1.54, 1.807) is 19.3 Å².